The van der Waals surface area contributed by atoms with E-state index in [1.165, 1.54) is 38.4 Å². The minimum Gasteiger partial charge on any atom is -0.454 e. The molecule has 0 aliphatic carbocycles. The molecule has 0 bridgehead atoms. The molecule has 2 aromatic rings. The van der Waals surface area contributed by atoms with Crippen LogP contribution in [0.15, 0.2) is 53.4 Å². The smallest absolute Gasteiger partial charge is 0.329 e. The molecule has 0 aliphatic rings. The first-order chi connectivity index (χ1) is 15.4. The minimum atomic E-state index is -3.66. The number of carbonyl (C=O) groups is 3. The largest absolute Gasteiger partial charge is 0.454 e. The molecule has 0 spiro atoms. The number of aryl methyl sites for hydroxylation is 1. The maximum Gasteiger partial charge on any atom is 0.329 e. The second-order valence-electron chi connectivity index (χ2n) is 8.04. The van der Waals surface area contributed by atoms with Crippen LogP contribution in [-0.4, -0.2) is 57.3 Å². The molecular weight excluding hydrogens is 446 g/mol. The molecule has 2 rings (SSSR count). The van der Waals surface area contributed by atoms with Crippen molar-refractivity contribution in [3.8, 4) is 0 Å². The number of carbonyl (C=O) groups excluding carboxylic acids is 3. The lowest BCUT2D eigenvalue weighted by atomic mass is 10.0. The molecule has 0 heterocycles. The third-order valence-corrected chi connectivity index (χ3v) is 6.54. The van der Waals surface area contributed by atoms with E-state index >= 15 is 0 Å². The van der Waals surface area contributed by atoms with Crippen molar-refractivity contribution in [1.82, 2.24) is 9.62 Å². The van der Waals surface area contributed by atoms with E-state index in [1.807, 2.05) is 13.0 Å². The summed E-state index contributed by atoms with van der Waals surface area (Å²) in [5.74, 6) is -2.08. The average Bonchev–Trinajstić information content (AvgIpc) is 2.75. The summed E-state index contributed by atoms with van der Waals surface area (Å²) in [6, 6.07) is 11.7. The maximum absolute atomic E-state index is 12.5. The first-order valence-corrected chi connectivity index (χ1v) is 11.7. The zero-order valence-corrected chi connectivity index (χ0v) is 20.1. The molecule has 2 amide bonds. The number of nitrogens with one attached hydrogen (secondary N) is 2. The summed E-state index contributed by atoms with van der Waals surface area (Å²) in [5, 5.41) is 5.15. The predicted octanol–water partition coefficient (Wildman–Crippen LogP) is 2.18. The van der Waals surface area contributed by atoms with E-state index in [2.05, 4.69) is 10.6 Å². The molecule has 0 aromatic heterocycles. The molecule has 2 N–H and O–H groups in total. The van der Waals surface area contributed by atoms with Gasteiger partial charge in [-0.3, -0.25) is 9.59 Å². The molecular formula is C23H29N3O6S. The SMILES string of the molecule is Cc1cccc(C(=O)N[C@H](C(=O)OCC(=O)Nc2cccc(S(=O)(=O)N(C)C)c2)C(C)C)c1. The lowest BCUT2D eigenvalue weighted by Crippen LogP contribution is -2.46. The van der Waals surface area contributed by atoms with Gasteiger partial charge in [-0.05, 0) is 43.2 Å². The molecule has 9 nitrogen and oxygen atoms in total. The first kappa shape index (κ1) is 26.0. The topological polar surface area (TPSA) is 122 Å². The Bertz CT molecular complexity index is 1130. The van der Waals surface area contributed by atoms with Gasteiger partial charge in [0.15, 0.2) is 6.61 Å². The zero-order valence-electron chi connectivity index (χ0n) is 19.3. The van der Waals surface area contributed by atoms with Gasteiger partial charge in [0.2, 0.25) is 10.0 Å². The lowest BCUT2D eigenvalue weighted by Gasteiger charge is -2.21. The van der Waals surface area contributed by atoms with Crippen molar-refractivity contribution >= 4 is 33.5 Å². The van der Waals surface area contributed by atoms with Gasteiger partial charge in [0, 0.05) is 25.3 Å². The standard InChI is InChI=1S/C23H29N3O6S/c1-15(2)21(25-22(28)17-9-6-8-16(3)12-17)23(29)32-14-20(27)24-18-10-7-11-19(13-18)33(30,31)26(4)5/h6-13,15,21H,14H2,1-5H3,(H,24,27)(H,25,28)/t21-/m0/s1. The van der Waals surface area contributed by atoms with Crippen LogP contribution in [0.2, 0.25) is 0 Å². The van der Waals surface area contributed by atoms with Crippen LogP contribution >= 0.6 is 0 Å². The van der Waals surface area contributed by atoms with E-state index in [4.69, 9.17) is 4.74 Å². The van der Waals surface area contributed by atoms with Crippen molar-refractivity contribution in [2.24, 2.45) is 5.92 Å². The highest BCUT2D eigenvalue weighted by atomic mass is 32.2. The molecule has 10 heteroatoms. The molecule has 33 heavy (non-hydrogen) atoms. The summed E-state index contributed by atoms with van der Waals surface area (Å²) < 4.78 is 30.7. The number of amides is 2. The summed E-state index contributed by atoms with van der Waals surface area (Å²) in [6.45, 7) is 4.76. The van der Waals surface area contributed by atoms with Crippen molar-refractivity contribution in [2.45, 2.75) is 31.7 Å². The minimum absolute atomic E-state index is 0.0148. The summed E-state index contributed by atoms with van der Waals surface area (Å²) in [4.78, 5) is 37.3. The Morgan fingerprint density at radius 1 is 1.03 bits per heavy atom. The van der Waals surface area contributed by atoms with Gasteiger partial charge in [-0.15, -0.1) is 0 Å². The number of anilines is 1. The molecule has 1 atom stereocenters. The lowest BCUT2D eigenvalue weighted by molar-refractivity contribution is -0.150. The number of ether oxygens (including phenoxy) is 1. The Labute approximate surface area is 194 Å². The number of hydrogen-bond acceptors (Lipinski definition) is 6. The maximum atomic E-state index is 12.5. The summed E-state index contributed by atoms with van der Waals surface area (Å²) in [5.41, 5.74) is 1.57. The van der Waals surface area contributed by atoms with E-state index in [9.17, 15) is 22.8 Å². The van der Waals surface area contributed by atoms with Crippen molar-refractivity contribution in [2.75, 3.05) is 26.0 Å². The number of hydrogen-bond donors (Lipinski definition) is 2. The third-order valence-electron chi connectivity index (χ3n) is 4.73. The summed E-state index contributed by atoms with van der Waals surface area (Å²) in [6.07, 6.45) is 0. The second-order valence-corrected chi connectivity index (χ2v) is 10.2. The monoisotopic (exact) mass is 475 g/mol. The highest BCUT2D eigenvalue weighted by Gasteiger charge is 2.27. The quantitative estimate of drug-likeness (QED) is 0.536. The molecule has 0 aliphatic heterocycles. The third kappa shape index (κ3) is 7.13. The number of nitrogens with zero attached hydrogens (tertiary/aromatic N) is 1. The van der Waals surface area contributed by atoms with Crippen LogP contribution in [-0.2, 0) is 24.3 Å². The van der Waals surface area contributed by atoms with Crippen molar-refractivity contribution in [3.63, 3.8) is 0 Å². The summed E-state index contributed by atoms with van der Waals surface area (Å²) >= 11 is 0. The Hall–Kier alpha value is -3.24. The molecule has 0 fully saturated rings. The van der Waals surface area contributed by atoms with Crippen molar-refractivity contribution in [1.29, 1.82) is 0 Å². The van der Waals surface area contributed by atoms with Gasteiger partial charge in [-0.2, -0.15) is 0 Å². The normalized spacial score (nSPS) is 12.3. The fourth-order valence-electron chi connectivity index (χ4n) is 2.88. The zero-order chi connectivity index (χ0) is 24.8. The molecule has 0 unspecified atom stereocenters. The van der Waals surface area contributed by atoms with Gasteiger partial charge in [-0.25, -0.2) is 17.5 Å². The van der Waals surface area contributed by atoms with Gasteiger partial charge < -0.3 is 15.4 Å². The van der Waals surface area contributed by atoms with Crippen LogP contribution in [0.3, 0.4) is 0 Å². The van der Waals surface area contributed by atoms with Gasteiger partial charge in [0.25, 0.3) is 11.8 Å². The van der Waals surface area contributed by atoms with Gasteiger partial charge in [0.05, 0.1) is 4.90 Å². The molecule has 0 radical (unpaired) electrons. The first-order valence-electron chi connectivity index (χ1n) is 10.3. The highest BCUT2D eigenvalue weighted by molar-refractivity contribution is 7.89. The number of rotatable bonds is 9. The Morgan fingerprint density at radius 2 is 1.70 bits per heavy atom. The summed E-state index contributed by atoms with van der Waals surface area (Å²) in [7, 11) is -0.851. The van der Waals surface area contributed by atoms with E-state index in [1.54, 1.807) is 32.0 Å². The van der Waals surface area contributed by atoms with Crippen molar-refractivity contribution in [3.05, 3.63) is 59.7 Å². The molecule has 0 saturated carbocycles. The van der Waals surface area contributed by atoms with Crippen LogP contribution in [0.1, 0.15) is 29.8 Å². The van der Waals surface area contributed by atoms with Crippen molar-refractivity contribution < 1.29 is 27.5 Å². The second kappa shape index (κ2) is 11.1. The number of sulfonamides is 1. The fraction of sp³-hybridized carbons (Fsp3) is 0.348. The fourth-order valence-corrected chi connectivity index (χ4v) is 3.83. The van der Waals surface area contributed by atoms with Gasteiger partial charge in [0.1, 0.15) is 6.04 Å². The number of benzene rings is 2. The Kier molecular flexibility index (Phi) is 8.72. The van der Waals surface area contributed by atoms with Gasteiger partial charge in [-0.1, -0.05) is 37.6 Å². The number of esters is 1. The van der Waals surface area contributed by atoms with Crippen LogP contribution in [0.4, 0.5) is 5.69 Å². The Morgan fingerprint density at radius 3 is 2.30 bits per heavy atom. The highest BCUT2D eigenvalue weighted by Crippen LogP contribution is 2.18. The Balaban J connectivity index is 1.99. The van der Waals surface area contributed by atoms with Crippen LogP contribution < -0.4 is 10.6 Å². The van der Waals surface area contributed by atoms with Crippen LogP contribution in [0.25, 0.3) is 0 Å². The van der Waals surface area contributed by atoms with Crippen LogP contribution in [0.5, 0.6) is 0 Å². The molecule has 2 aromatic carbocycles. The molecule has 0 saturated heterocycles. The van der Waals surface area contributed by atoms with E-state index in [0.717, 1.165) is 9.87 Å². The average molecular weight is 476 g/mol. The van der Waals surface area contributed by atoms with E-state index < -0.39 is 40.5 Å². The van der Waals surface area contributed by atoms with E-state index in [-0.39, 0.29) is 16.5 Å². The predicted molar refractivity (Wildman–Crippen MR) is 124 cm³/mol. The van der Waals surface area contributed by atoms with Crippen LogP contribution in [0, 0.1) is 12.8 Å². The van der Waals surface area contributed by atoms with E-state index in [0.29, 0.717) is 5.56 Å². The van der Waals surface area contributed by atoms with Gasteiger partial charge >= 0.3 is 5.97 Å². The molecule has 178 valence electrons.